The molecule has 88 valence electrons. The van der Waals surface area contributed by atoms with Gasteiger partial charge in [-0.05, 0) is 12.1 Å². The van der Waals surface area contributed by atoms with Crippen LogP contribution in [0.25, 0.3) is 0 Å². The highest BCUT2D eigenvalue weighted by molar-refractivity contribution is 6.31. The summed E-state index contributed by atoms with van der Waals surface area (Å²) in [4.78, 5) is 10.6. The second-order valence-corrected chi connectivity index (χ2v) is 3.71. The van der Waals surface area contributed by atoms with Crippen LogP contribution in [0.1, 0.15) is 16.1 Å². The summed E-state index contributed by atoms with van der Waals surface area (Å²) in [5, 5.41) is 15.9. The number of aromatic nitrogens is 3. The van der Waals surface area contributed by atoms with Gasteiger partial charge < -0.3 is 5.11 Å². The van der Waals surface area contributed by atoms with Crippen LogP contribution in [0.3, 0.4) is 0 Å². The maximum absolute atomic E-state index is 13.4. The number of carbonyl (C=O) groups is 1. The molecule has 0 saturated heterocycles. The Bertz CT molecular complexity index is 550. The summed E-state index contributed by atoms with van der Waals surface area (Å²) >= 11 is 5.83. The Kier molecular flexibility index (Phi) is 3.06. The molecule has 0 aliphatic heterocycles. The van der Waals surface area contributed by atoms with Gasteiger partial charge >= 0.3 is 5.97 Å². The van der Waals surface area contributed by atoms with Gasteiger partial charge in [0.1, 0.15) is 5.82 Å². The van der Waals surface area contributed by atoms with Crippen molar-refractivity contribution >= 4 is 17.6 Å². The van der Waals surface area contributed by atoms with Gasteiger partial charge in [-0.25, -0.2) is 13.9 Å². The van der Waals surface area contributed by atoms with Gasteiger partial charge in [-0.15, -0.1) is 5.10 Å². The van der Waals surface area contributed by atoms with Gasteiger partial charge in [-0.2, -0.15) is 0 Å². The fourth-order valence-electron chi connectivity index (χ4n) is 1.32. The monoisotopic (exact) mass is 255 g/mol. The van der Waals surface area contributed by atoms with E-state index in [9.17, 15) is 9.18 Å². The van der Waals surface area contributed by atoms with E-state index in [1.54, 1.807) is 6.07 Å². The predicted molar refractivity (Wildman–Crippen MR) is 57.5 cm³/mol. The third-order valence-corrected chi connectivity index (χ3v) is 2.49. The third-order valence-electron chi connectivity index (χ3n) is 2.14. The Morgan fingerprint density at radius 1 is 1.53 bits per heavy atom. The molecule has 0 fully saturated rings. The minimum Gasteiger partial charge on any atom is -0.476 e. The molecule has 7 heteroatoms. The summed E-state index contributed by atoms with van der Waals surface area (Å²) in [7, 11) is 0. The number of halogens is 2. The van der Waals surface area contributed by atoms with Gasteiger partial charge in [0.2, 0.25) is 0 Å². The van der Waals surface area contributed by atoms with Crippen molar-refractivity contribution in [1.29, 1.82) is 0 Å². The first-order valence-electron chi connectivity index (χ1n) is 4.64. The zero-order chi connectivity index (χ0) is 12.4. The summed E-state index contributed by atoms with van der Waals surface area (Å²) < 4.78 is 14.7. The van der Waals surface area contributed by atoms with E-state index < -0.39 is 11.8 Å². The van der Waals surface area contributed by atoms with Crippen LogP contribution in [0.2, 0.25) is 5.02 Å². The van der Waals surface area contributed by atoms with Gasteiger partial charge in [-0.1, -0.05) is 22.9 Å². The highest BCUT2D eigenvalue weighted by Gasteiger charge is 2.11. The maximum Gasteiger partial charge on any atom is 0.358 e. The molecule has 0 aliphatic carbocycles. The van der Waals surface area contributed by atoms with Gasteiger partial charge in [0.15, 0.2) is 5.69 Å². The van der Waals surface area contributed by atoms with Gasteiger partial charge in [0, 0.05) is 10.6 Å². The zero-order valence-electron chi connectivity index (χ0n) is 8.47. The molecule has 1 N–H and O–H groups in total. The number of hydrogen-bond donors (Lipinski definition) is 1. The molecule has 0 unspecified atom stereocenters. The summed E-state index contributed by atoms with van der Waals surface area (Å²) in [6.45, 7) is 0.0335. The number of carboxylic acid groups (broad SMARTS) is 1. The lowest BCUT2D eigenvalue weighted by atomic mass is 10.2. The Hall–Kier alpha value is -1.95. The van der Waals surface area contributed by atoms with E-state index in [0.29, 0.717) is 0 Å². The molecule has 0 bridgehead atoms. The number of hydrogen-bond acceptors (Lipinski definition) is 3. The largest absolute Gasteiger partial charge is 0.476 e. The number of aromatic carboxylic acids is 1. The molecule has 2 aromatic rings. The van der Waals surface area contributed by atoms with E-state index >= 15 is 0 Å². The van der Waals surface area contributed by atoms with Crippen LogP contribution in [0.4, 0.5) is 4.39 Å². The number of rotatable bonds is 3. The molecule has 0 atom stereocenters. The Morgan fingerprint density at radius 2 is 2.29 bits per heavy atom. The number of benzene rings is 1. The lowest BCUT2D eigenvalue weighted by Gasteiger charge is -2.04. The van der Waals surface area contributed by atoms with Crippen molar-refractivity contribution in [2.75, 3.05) is 0 Å². The van der Waals surface area contributed by atoms with Crippen molar-refractivity contribution in [2.45, 2.75) is 6.54 Å². The molecule has 0 aliphatic rings. The summed E-state index contributed by atoms with van der Waals surface area (Å²) in [6.07, 6.45) is 1.21. The van der Waals surface area contributed by atoms with Gasteiger partial charge in [0.25, 0.3) is 0 Å². The third kappa shape index (κ3) is 2.42. The minimum atomic E-state index is -1.18. The normalized spacial score (nSPS) is 10.5. The average molecular weight is 256 g/mol. The standard InChI is InChI=1S/C10H7ClFN3O2/c11-7-2-1-3-8(12)6(7)4-15-5-9(10(16)17)13-14-15/h1-3,5H,4H2,(H,16,17). The molecule has 17 heavy (non-hydrogen) atoms. The molecule has 0 radical (unpaired) electrons. The van der Waals surface area contributed by atoms with E-state index in [0.717, 1.165) is 0 Å². The summed E-state index contributed by atoms with van der Waals surface area (Å²) in [5.41, 5.74) is 0.0495. The first-order chi connectivity index (χ1) is 8.08. The summed E-state index contributed by atoms with van der Waals surface area (Å²) in [6, 6.07) is 4.32. The molecule has 0 spiro atoms. The predicted octanol–water partition coefficient (Wildman–Crippen LogP) is 1.82. The van der Waals surface area contributed by atoms with E-state index in [4.69, 9.17) is 16.7 Å². The van der Waals surface area contributed by atoms with Crippen LogP contribution >= 0.6 is 11.6 Å². The second kappa shape index (κ2) is 4.50. The molecule has 0 saturated carbocycles. The smallest absolute Gasteiger partial charge is 0.358 e. The van der Waals surface area contributed by atoms with E-state index in [1.807, 2.05) is 0 Å². The quantitative estimate of drug-likeness (QED) is 0.908. The fraction of sp³-hybridized carbons (Fsp3) is 0.100. The van der Waals surface area contributed by atoms with Gasteiger partial charge in [-0.3, -0.25) is 0 Å². The van der Waals surface area contributed by atoms with Crippen LogP contribution < -0.4 is 0 Å². The van der Waals surface area contributed by atoms with Crippen molar-refractivity contribution in [3.05, 3.63) is 46.5 Å². The molecular formula is C10H7ClFN3O2. The van der Waals surface area contributed by atoms with Crippen LogP contribution in [0.5, 0.6) is 0 Å². The van der Waals surface area contributed by atoms with Crippen LogP contribution in [0, 0.1) is 5.82 Å². The lowest BCUT2D eigenvalue weighted by Crippen LogP contribution is -2.03. The van der Waals surface area contributed by atoms with Crippen LogP contribution in [-0.4, -0.2) is 26.1 Å². The van der Waals surface area contributed by atoms with Crippen molar-refractivity contribution in [3.63, 3.8) is 0 Å². The minimum absolute atomic E-state index is 0.0335. The van der Waals surface area contributed by atoms with Crippen LogP contribution in [0.15, 0.2) is 24.4 Å². The summed E-state index contributed by atoms with van der Waals surface area (Å²) in [5.74, 6) is -1.65. The lowest BCUT2D eigenvalue weighted by molar-refractivity contribution is 0.0690. The molecule has 1 aromatic heterocycles. The Labute approximate surface area is 100 Å². The second-order valence-electron chi connectivity index (χ2n) is 3.31. The molecule has 5 nitrogen and oxygen atoms in total. The van der Waals surface area contributed by atoms with Crippen molar-refractivity contribution in [1.82, 2.24) is 15.0 Å². The average Bonchev–Trinajstić information content (AvgIpc) is 2.72. The molecule has 1 heterocycles. The molecular weight excluding hydrogens is 249 g/mol. The molecule has 2 rings (SSSR count). The number of carboxylic acids is 1. The van der Waals surface area contributed by atoms with Gasteiger partial charge in [0.05, 0.1) is 12.7 Å². The fourth-order valence-corrected chi connectivity index (χ4v) is 1.54. The Balaban J connectivity index is 2.28. The Morgan fingerprint density at radius 3 is 2.88 bits per heavy atom. The van der Waals surface area contributed by atoms with E-state index in [-0.39, 0.29) is 22.8 Å². The van der Waals surface area contributed by atoms with Crippen molar-refractivity contribution in [3.8, 4) is 0 Å². The zero-order valence-corrected chi connectivity index (χ0v) is 9.23. The molecule has 0 amide bonds. The topological polar surface area (TPSA) is 68.0 Å². The SMILES string of the molecule is O=C(O)c1cn(Cc2c(F)cccc2Cl)nn1. The number of nitrogens with zero attached hydrogens (tertiary/aromatic N) is 3. The van der Waals surface area contributed by atoms with E-state index in [1.165, 1.54) is 23.0 Å². The highest BCUT2D eigenvalue weighted by atomic mass is 35.5. The van der Waals surface area contributed by atoms with Crippen molar-refractivity contribution < 1.29 is 14.3 Å². The van der Waals surface area contributed by atoms with E-state index in [2.05, 4.69) is 10.3 Å². The first-order valence-corrected chi connectivity index (χ1v) is 5.02. The van der Waals surface area contributed by atoms with Crippen molar-refractivity contribution in [2.24, 2.45) is 0 Å². The molecule has 1 aromatic carbocycles. The highest BCUT2D eigenvalue weighted by Crippen LogP contribution is 2.19. The first kappa shape index (κ1) is 11.5. The maximum atomic E-state index is 13.4. The van der Waals surface area contributed by atoms with Crippen LogP contribution in [-0.2, 0) is 6.54 Å².